The zero-order valence-electron chi connectivity index (χ0n) is 18.5. The Bertz CT molecular complexity index is 737. The Morgan fingerprint density at radius 2 is 1.83 bits per heavy atom. The fourth-order valence-corrected chi connectivity index (χ4v) is 4.60. The smallest absolute Gasteiger partial charge is 0.307 e. The minimum atomic E-state index is -0.569. The van der Waals surface area contributed by atoms with Gasteiger partial charge in [0.05, 0.1) is 12.1 Å². The molecule has 1 atom stereocenters. The summed E-state index contributed by atoms with van der Waals surface area (Å²) in [7, 11) is 0. The summed E-state index contributed by atoms with van der Waals surface area (Å²) < 4.78 is 11.3. The summed E-state index contributed by atoms with van der Waals surface area (Å²) in [4.78, 5) is 24.2. The molecule has 2 aliphatic carbocycles. The maximum Gasteiger partial charge on any atom is 0.307 e. The van der Waals surface area contributed by atoms with Gasteiger partial charge in [-0.3, -0.25) is 9.59 Å². The van der Waals surface area contributed by atoms with Crippen molar-refractivity contribution in [2.45, 2.75) is 103 Å². The van der Waals surface area contributed by atoms with Gasteiger partial charge in [0.25, 0.3) is 0 Å². The molecule has 0 aromatic carbocycles. The molecule has 1 amide bonds. The first-order valence-corrected chi connectivity index (χ1v) is 11.0. The molecule has 1 aromatic rings. The largest absolute Gasteiger partial charge is 0.460 e. The van der Waals surface area contributed by atoms with Gasteiger partial charge in [-0.15, -0.1) is 0 Å². The monoisotopic (exact) mass is 404 g/mol. The summed E-state index contributed by atoms with van der Waals surface area (Å²) in [6.07, 6.45) is 5.91. The van der Waals surface area contributed by atoms with Crippen molar-refractivity contribution < 1.29 is 18.8 Å². The first-order valence-electron chi connectivity index (χ1n) is 11.0. The van der Waals surface area contributed by atoms with Crippen LogP contribution in [0.3, 0.4) is 0 Å². The fourth-order valence-electron chi connectivity index (χ4n) is 4.60. The summed E-state index contributed by atoms with van der Waals surface area (Å²) in [6.45, 7) is 10.0. The van der Waals surface area contributed by atoms with Crippen LogP contribution in [0.15, 0.2) is 4.52 Å². The van der Waals surface area contributed by atoms with Gasteiger partial charge in [0.1, 0.15) is 11.4 Å². The molecule has 2 saturated carbocycles. The van der Waals surface area contributed by atoms with E-state index in [0.29, 0.717) is 17.8 Å². The van der Waals surface area contributed by atoms with E-state index in [1.807, 2.05) is 20.8 Å². The lowest BCUT2D eigenvalue weighted by atomic mass is 9.69. The van der Waals surface area contributed by atoms with Crippen LogP contribution < -0.4 is 5.73 Å². The predicted molar refractivity (Wildman–Crippen MR) is 110 cm³/mol. The highest BCUT2D eigenvalue weighted by molar-refractivity contribution is 5.77. The molecule has 0 bridgehead atoms. The Balaban J connectivity index is 1.78. The van der Waals surface area contributed by atoms with Gasteiger partial charge in [-0.05, 0) is 70.6 Å². The van der Waals surface area contributed by atoms with Crippen molar-refractivity contribution in [2.24, 2.45) is 17.6 Å². The number of amides is 1. The van der Waals surface area contributed by atoms with Gasteiger partial charge in [-0.2, -0.15) is 0 Å². The molecule has 2 N–H and O–H groups in total. The van der Waals surface area contributed by atoms with Crippen molar-refractivity contribution in [1.82, 2.24) is 5.16 Å². The van der Waals surface area contributed by atoms with Crippen molar-refractivity contribution in [3.63, 3.8) is 0 Å². The van der Waals surface area contributed by atoms with Crippen LogP contribution in [0.25, 0.3) is 0 Å². The van der Waals surface area contributed by atoms with E-state index in [-0.39, 0.29) is 24.7 Å². The van der Waals surface area contributed by atoms with E-state index in [2.05, 4.69) is 19.0 Å². The Hall–Kier alpha value is -1.85. The first-order chi connectivity index (χ1) is 13.5. The van der Waals surface area contributed by atoms with Crippen LogP contribution in [0.4, 0.5) is 0 Å². The van der Waals surface area contributed by atoms with Crippen molar-refractivity contribution in [1.29, 1.82) is 0 Å². The number of ether oxygens (including phenoxy) is 1. The molecule has 162 valence electrons. The number of esters is 1. The third-order valence-corrected chi connectivity index (χ3v) is 5.85. The quantitative estimate of drug-likeness (QED) is 0.597. The second-order valence-electron chi connectivity index (χ2n) is 10.4. The molecule has 0 spiro atoms. The van der Waals surface area contributed by atoms with E-state index in [1.54, 1.807) is 0 Å². The summed E-state index contributed by atoms with van der Waals surface area (Å²) in [5.41, 5.74) is 6.82. The molecule has 6 heteroatoms. The lowest BCUT2D eigenvalue weighted by Gasteiger charge is -2.35. The average molecular weight is 405 g/mol. The molecule has 3 rings (SSSR count). The summed E-state index contributed by atoms with van der Waals surface area (Å²) in [6, 6.07) is 0. The van der Waals surface area contributed by atoms with Crippen molar-refractivity contribution >= 4 is 11.9 Å². The lowest BCUT2D eigenvalue weighted by Crippen LogP contribution is -2.26. The zero-order valence-corrected chi connectivity index (χ0v) is 18.5. The van der Waals surface area contributed by atoms with Crippen LogP contribution >= 0.6 is 0 Å². The maximum atomic E-state index is 12.4. The van der Waals surface area contributed by atoms with Crippen LogP contribution in [0, 0.1) is 11.8 Å². The number of hydrogen-bond donors (Lipinski definition) is 1. The molecule has 0 radical (unpaired) electrons. The number of carbonyl (C=O) groups excluding carboxylic acids is 2. The normalized spacial score (nSPS) is 23.0. The molecule has 0 unspecified atom stereocenters. The molecule has 0 saturated heterocycles. The van der Waals surface area contributed by atoms with E-state index >= 15 is 0 Å². The molecule has 0 aliphatic heterocycles. The number of nitrogens with two attached hydrogens (primary N) is 1. The van der Waals surface area contributed by atoms with Crippen LogP contribution in [0.2, 0.25) is 0 Å². The topological polar surface area (TPSA) is 95.4 Å². The standard InChI is InChI=1S/C23H36N2O4/c1-13(2)8-14-9-17(10-14)22-20(15-6-7-15)21(25-29-22)16(11-18(24)26)12-19(27)28-23(3,4)5/h13-17H,6-12H2,1-5H3,(H2,24,26)/t14?,16-,17?/m0/s1. The molecular formula is C23H36N2O4. The van der Waals surface area contributed by atoms with Crippen LogP contribution in [-0.2, 0) is 14.3 Å². The highest BCUT2D eigenvalue weighted by Crippen LogP contribution is 2.52. The average Bonchev–Trinajstić information content (AvgIpc) is 3.26. The molecule has 1 heterocycles. The molecule has 2 aliphatic rings. The van der Waals surface area contributed by atoms with E-state index in [4.69, 9.17) is 15.0 Å². The minimum absolute atomic E-state index is 0.0750. The van der Waals surface area contributed by atoms with Gasteiger partial charge >= 0.3 is 5.97 Å². The number of nitrogens with zero attached hydrogens (tertiary/aromatic N) is 1. The van der Waals surface area contributed by atoms with Gasteiger partial charge < -0.3 is 15.0 Å². The first kappa shape index (κ1) is 21.8. The van der Waals surface area contributed by atoms with Gasteiger partial charge in [0.15, 0.2) is 0 Å². The molecule has 2 fully saturated rings. The van der Waals surface area contributed by atoms with E-state index in [9.17, 15) is 9.59 Å². The van der Waals surface area contributed by atoms with Gasteiger partial charge in [-0.1, -0.05) is 19.0 Å². The minimum Gasteiger partial charge on any atom is -0.460 e. The third kappa shape index (κ3) is 5.83. The maximum absolute atomic E-state index is 12.4. The summed E-state index contributed by atoms with van der Waals surface area (Å²) in [5, 5.41) is 4.38. The number of hydrogen-bond acceptors (Lipinski definition) is 5. The van der Waals surface area contributed by atoms with E-state index in [1.165, 1.54) is 6.42 Å². The van der Waals surface area contributed by atoms with Crippen LogP contribution in [0.1, 0.15) is 114 Å². The van der Waals surface area contributed by atoms with Crippen molar-refractivity contribution in [3.05, 3.63) is 17.0 Å². The molecule has 1 aromatic heterocycles. The highest BCUT2D eigenvalue weighted by Gasteiger charge is 2.42. The van der Waals surface area contributed by atoms with Crippen molar-refractivity contribution in [3.8, 4) is 0 Å². The Morgan fingerprint density at radius 1 is 1.17 bits per heavy atom. The Kier molecular flexibility index (Phi) is 6.39. The molecule has 29 heavy (non-hydrogen) atoms. The van der Waals surface area contributed by atoms with Gasteiger partial charge in [0, 0.05) is 23.8 Å². The van der Waals surface area contributed by atoms with Gasteiger partial charge in [-0.25, -0.2) is 0 Å². The fraction of sp³-hybridized carbons (Fsp3) is 0.783. The van der Waals surface area contributed by atoms with E-state index in [0.717, 1.165) is 48.6 Å². The lowest BCUT2D eigenvalue weighted by molar-refractivity contribution is -0.155. The SMILES string of the molecule is CC(C)CC1CC(c2onc([C@@H](CC(N)=O)CC(=O)OC(C)(C)C)c2C2CC2)C1. The van der Waals surface area contributed by atoms with Gasteiger partial charge in [0.2, 0.25) is 5.91 Å². The van der Waals surface area contributed by atoms with Crippen LogP contribution in [0.5, 0.6) is 0 Å². The summed E-state index contributed by atoms with van der Waals surface area (Å²) >= 11 is 0. The second kappa shape index (κ2) is 8.49. The predicted octanol–water partition coefficient (Wildman–Crippen LogP) is 4.78. The number of aromatic nitrogens is 1. The molecule has 6 nitrogen and oxygen atoms in total. The second-order valence-corrected chi connectivity index (χ2v) is 10.4. The summed E-state index contributed by atoms with van der Waals surface area (Å²) in [5.74, 6) is 2.13. The highest BCUT2D eigenvalue weighted by atomic mass is 16.6. The number of carbonyl (C=O) groups is 2. The number of rotatable bonds is 9. The van der Waals surface area contributed by atoms with Crippen molar-refractivity contribution in [2.75, 3.05) is 0 Å². The number of primary amides is 1. The Morgan fingerprint density at radius 3 is 2.34 bits per heavy atom. The molecular weight excluding hydrogens is 368 g/mol. The third-order valence-electron chi connectivity index (χ3n) is 5.85. The Labute approximate surface area is 173 Å². The van der Waals surface area contributed by atoms with Crippen LogP contribution in [-0.4, -0.2) is 22.6 Å². The zero-order chi connectivity index (χ0) is 21.3. The van der Waals surface area contributed by atoms with E-state index < -0.39 is 11.5 Å².